The van der Waals surface area contributed by atoms with Crippen molar-refractivity contribution in [2.24, 2.45) is 4.99 Å². The SMILES string of the molecule is CCCOc1cccc(CN=C(NCC)NCc2ncc(C(C)(C)C)o2)c1. The molecule has 148 valence electrons. The van der Waals surface area contributed by atoms with Crippen LogP contribution in [0.1, 0.15) is 58.3 Å². The van der Waals surface area contributed by atoms with E-state index < -0.39 is 0 Å². The Balaban J connectivity index is 1.96. The normalized spacial score (nSPS) is 12.1. The Kier molecular flexibility index (Phi) is 7.70. The summed E-state index contributed by atoms with van der Waals surface area (Å²) in [5.74, 6) is 3.15. The van der Waals surface area contributed by atoms with Gasteiger partial charge in [-0.05, 0) is 31.0 Å². The minimum atomic E-state index is -0.0469. The van der Waals surface area contributed by atoms with Gasteiger partial charge in [-0.1, -0.05) is 39.8 Å². The smallest absolute Gasteiger partial charge is 0.213 e. The van der Waals surface area contributed by atoms with Crippen molar-refractivity contribution in [3.05, 3.63) is 47.7 Å². The lowest BCUT2D eigenvalue weighted by Gasteiger charge is -2.13. The molecule has 1 heterocycles. The second-order valence-electron chi connectivity index (χ2n) is 7.41. The summed E-state index contributed by atoms with van der Waals surface area (Å²) in [5.41, 5.74) is 1.06. The van der Waals surface area contributed by atoms with Gasteiger partial charge in [-0.15, -0.1) is 0 Å². The molecule has 0 radical (unpaired) electrons. The number of aliphatic imine (C=N–C) groups is 1. The van der Waals surface area contributed by atoms with Crippen molar-refractivity contribution in [3.63, 3.8) is 0 Å². The number of aromatic nitrogens is 1. The van der Waals surface area contributed by atoms with E-state index in [4.69, 9.17) is 9.15 Å². The summed E-state index contributed by atoms with van der Waals surface area (Å²) in [6, 6.07) is 8.06. The van der Waals surface area contributed by atoms with Gasteiger partial charge in [0.1, 0.15) is 11.5 Å². The summed E-state index contributed by atoms with van der Waals surface area (Å²) in [4.78, 5) is 8.99. The number of nitrogens with one attached hydrogen (secondary N) is 2. The van der Waals surface area contributed by atoms with Gasteiger partial charge < -0.3 is 19.8 Å². The minimum Gasteiger partial charge on any atom is -0.494 e. The van der Waals surface area contributed by atoms with E-state index in [0.29, 0.717) is 19.0 Å². The number of hydrogen-bond donors (Lipinski definition) is 2. The first-order valence-corrected chi connectivity index (χ1v) is 9.61. The molecule has 6 heteroatoms. The quantitative estimate of drug-likeness (QED) is 0.541. The highest BCUT2D eigenvalue weighted by atomic mass is 16.5. The first-order valence-electron chi connectivity index (χ1n) is 9.61. The average Bonchev–Trinajstić information content (AvgIpc) is 3.12. The molecule has 0 amide bonds. The average molecular weight is 373 g/mol. The Hall–Kier alpha value is -2.50. The third-order valence-electron chi connectivity index (χ3n) is 3.84. The van der Waals surface area contributed by atoms with Gasteiger partial charge in [0.15, 0.2) is 5.96 Å². The van der Waals surface area contributed by atoms with Gasteiger partial charge in [0.25, 0.3) is 0 Å². The van der Waals surface area contributed by atoms with E-state index in [1.54, 1.807) is 6.20 Å². The van der Waals surface area contributed by atoms with Crippen LogP contribution in [0.4, 0.5) is 0 Å². The summed E-state index contributed by atoms with van der Waals surface area (Å²) in [5, 5.41) is 6.52. The van der Waals surface area contributed by atoms with Gasteiger partial charge in [0.05, 0.1) is 25.9 Å². The fraction of sp³-hybridized carbons (Fsp3) is 0.524. The molecule has 0 unspecified atom stereocenters. The van der Waals surface area contributed by atoms with Gasteiger partial charge >= 0.3 is 0 Å². The highest BCUT2D eigenvalue weighted by Gasteiger charge is 2.19. The van der Waals surface area contributed by atoms with Crippen LogP contribution in [-0.4, -0.2) is 24.1 Å². The second kappa shape index (κ2) is 10.00. The largest absolute Gasteiger partial charge is 0.494 e. The number of benzene rings is 1. The number of guanidine groups is 1. The van der Waals surface area contributed by atoms with Crippen molar-refractivity contribution in [2.45, 2.75) is 59.5 Å². The van der Waals surface area contributed by atoms with E-state index in [2.05, 4.69) is 54.4 Å². The molecule has 27 heavy (non-hydrogen) atoms. The number of rotatable bonds is 8. The first kappa shape index (κ1) is 20.8. The number of oxazole rings is 1. The van der Waals surface area contributed by atoms with Crippen molar-refractivity contribution < 1.29 is 9.15 Å². The summed E-state index contributed by atoms with van der Waals surface area (Å²) in [6.45, 7) is 13.0. The van der Waals surface area contributed by atoms with Crippen LogP contribution in [0.3, 0.4) is 0 Å². The van der Waals surface area contributed by atoms with Crippen LogP contribution in [0.25, 0.3) is 0 Å². The lowest BCUT2D eigenvalue weighted by Crippen LogP contribution is -2.36. The zero-order valence-electron chi connectivity index (χ0n) is 17.1. The zero-order chi connectivity index (χ0) is 19.7. The molecule has 1 aromatic heterocycles. The molecule has 2 N–H and O–H groups in total. The molecule has 0 saturated heterocycles. The third kappa shape index (κ3) is 6.96. The van der Waals surface area contributed by atoms with Crippen LogP contribution >= 0.6 is 0 Å². The fourth-order valence-electron chi connectivity index (χ4n) is 2.36. The monoisotopic (exact) mass is 372 g/mol. The van der Waals surface area contributed by atoms with E-state index in [0.717, 1.165) is 42.6 Å². The zero-order valence-corrected chi connectivity index (χ0v) is 17.1. The fourth-order valence-corrected chi connectivity index (χ4v) is 2.36. The Morgan fingerprint density at radius 3 is 2.70 bits per heavy atom. The Morgan fingerprint density at radius 1 is 1.22 bits per heavy atom. The topological polar surface area (TPSA) is 71.7 Å². The van der Waals surface area contributed by atoms with Gasteiger partial charge in [-0.2, -0.15) is 0 Å². The maximum atomic E-state index is 5.82. The van der Waals surface area contributed by atoms with Crippen LogP contribution in [0, 0.1) is 0 Å². The molecule has 0 aliphatic rings. The lowest BCUT2D eigenvalue weighted by molar-refractivity contribution is 0.317. The van der Waals surface area contributed by atoms with Crippen LogP contribution in [-0.2, 0) is 18.5 Å². The van der Waals surface area contributed by atoms with Crippen molar-refractivity contribution in [1.82, 2.24) is 15.6 Å². The molecule has 2 rings (SSSR count). The summed E-state index contributed by atoms with van der Waals surface area (Å²) < 4.78 is 11.5. The van der Waals surface area contributed by atoms with Crippen molar-refractivity contribution in [2.75, 3.05) is 13.2 Å². The molecular weight excluding hydrogens is 340 g/mol. The van der Waals surface area contributed by atoms with Crippen molar-refractivity contribution >= 4 is 5.96 Å². The van der Waals surface area contributed by atoms with Gasteiger partial charge in [-0.3, -0.25) is 0 Å². The predicted molar refractivity (Wildman–Crippen MR) is 109 cm³/mol. The van der Waals surface area contributed by atoms with Gasteiger partial charge in [0.2, 0.25) is 5.89 Å². The number of ether oxygens (including phenoxy) is 1. The highest BCUT2D eigenvalue weighted by Crippen LogP contribution is 2.22. The molecule has 2 aromatic rings. The van der Waals surface area contributed by atoms with Crippen molar-refractivity contribution in [3.8, 4) is 5.75 Å². The molecule has 1 aromatic carbocycles. The Labute approximate surface area is 162 Å². The van der Waals surface area contributed by atoms with E-state index >= 15 is 0 Å². The van der Waals surface area contributed by atoms with Crippen LogP contribution in [0.15, 0.2) is 39.9 Å². The lowest BCUT2D eigenvalue weighted by atomic mass is 9.94. The molecule has 6 nitrogen and oxygen atoms in total. The number of nitrogens with zero attached hydrogens (tertiary/aromatic N) is 2. The van der Waals surface area contributed by atoms with Crippen LogP contribution in [0.5, 0.6) is 5.75 Å². The van der Waals surface area contributed by atoms with E-state index in [1.165, 1.54) is 0 Å². The molecular formula is C21H32N4O2. The summed E-state index contributed by atoms with van der Waals surface area (Å²) >= 11 is 0. The van der Waals surface area contributed by atoms with Gasteiger partial charge in [0, 0.05) is 12.0 Å². The first-order chi connectivity index (χ1) is 12.9. The second-order valence-corrected chi connectivity index (χ2v) is 7.41. The molecule has 0 atom stereocenters. The summed E-state index contributed by atoms with van der Waals surface area (Å²) in [7, 11) is 0. The molecule has 0 aliphatic heterocycles. The molecule has 0 spiro atoms. The van der Waals surface area contributed by atoms with E-state index in [-0.39, 0.29) is 5.41 Å². The Morgan fingerprint density at radius 2 is 2.04 bits per heavy atom. The molecule has 0 bridgehead atoms. The molecule has 0 saturated carbocycles. The minimum absolute atomic E-state index is 0.0469. The molecule has 0 aliphatic carbocycles. The highest BCUT2D eigenvalue weighted by molar-refractivity contribution is 5.79. The summed E-state index contributed by atoms with van der Waals surface area (Å²) in [6.07, 6.45) is 2.79. The Bertz CT molecular complexity index is 732. The third-order valence-corrected chi connectivity index (χ3v) is 3.84. The number of hydrogen-bond acceptors (Lipinski definition) is 4. The maximum absolute atomic E-state index is 5.82. The van der Waals surface area contributed by atoms with Crippen LogP contribution < -0.4 is 15.4 Å². The standard InChI is InChI=1S/C21H32N4O2/c1-6-11-26-17-10-8-9-16(12-17)13-24-20(22-7-2)25-15-19-23-14-18(27-19)21(3,4)5/h8-10,12,14H,6-7,11,13,15H2,1-5H3,(H2,22,24,25). The molecule has 0 fully saturated rings. The predicted octanol–water partition coefficient (Wildman–Crippen LogP) is 4.02. The maximum Gasteiger partial charge on any atom is 0.213 e. The van der Waals surface area contributed by atoms with Gasteiger partial charge in [-0.25, -0.2) is 9.98 Å². The van der Waals surface area contributed by atoms with E-state index in [9.17, 15) is 0 Å². The van der Waals surface area contributed by atoms with Crippen LogP contribution in [0.2, 0.25) is 0 Å². The van der Waals surface area contributed by atoms with Crippen molar-refractivity contribution in [1.29, 1.82) is 0 Å². The van der Waals surface area contributed by atoms with E-state index in [1.807, 2.05) is 25.1 Å².